The number of benzene rings is 1. The highest BCUT2D eigenvalue weighted by molar-refractivity contribution is 5.61. The molecule has 0 amide bonds. The lowest BCUT2D eigenvalue weighted by Crippen LogP contribution is -2.28. The summed E-state index contributed by atoms with van der Waals surface area (Å²) in [7, 11) is 2.11. The second-order valence-electron chi connectivity index (χ2n) is 4.48. The van der Waals surface area contributed by atoms with Gasteiger partial charge in [-0.1, -0.05) is 13.0 Å². The van der Waals surface area contributed by atoms with Crippen LogP contribution in [0.25, 0.3) is 0 Å². The summed E-state index contributed by atoms with van der Waals surface area (Å²) < 4.78 is 5.62. The first-order valence-electron chi connectivity index (χ1n) is 5.90. The van der Waals surface area contributed by atoms with Gasteiger partial charge in [-0.25, -0.2) is 0 Å². The maximum Gasteiger partial charge on any atom is 0.142 e. The van der Waals surface area contributed by atoms with Gasteiger partial charge in [-0.3, -0.25) is 0 Å². The Bertz CT molecular complexity index is 365. The zero-order chi connectivity index (χ0) is 11.5. The molecule has 2 N–H and O–H groups in total. The van der Waals surface area contributed by atoms with Gasteiger partial charge in [0.15, 0.2) is 0 Å². The molecule has 0 aliphatic carbocycles. The summed E-state index contributed by atoms with van der Waals surface area (Å²) in [6.45, 7) is 4.70. The molecule has 16 heavy (non-hydrogen) atoms. The number of nitrogens with zero attached hydrogens (tertiary/aromatic N) is 1. The van der Waals surface area contributed by atoms with Gasteiger partial charge in [0, 0.05) is 7.05 Å². The topological polar surface area (TPSA) is 38.5 Å². The molecule has 1 heterocycles. The molecule has 1 unspecified atom stereocenters. The molecule has 3 nitrogen and oxygen atoms in total. The summed E-state index contributed by atoms with van der Waals surface area (Å²) >= 11 is 0. The van der Waals surface area contributed by atoms with E-state index < -0.39 is 0 Å². The summed E-state index contributed by atoms with van der Waals surface area (Å²) in [5.74, 6) is 1.52. The second kappa shape index (κ2) is 4.74. The van der Waals surface area contributed by atoms with Crippen molar-refractivity contribution in [3.8, 4) is 5.75 Å². The van der Waals surface area contributed by atoms with Crippen LogP contribution in [0.5, 0.6) is 5.75 Å². The van der Waals surface area contributed by atoms with Gasteiger partial charge in [0.05, 0.1) is 12.2 Å². The fourth-order valence-corrected chi connectivity index (χ4v) is 2.09. The highest BCUT2D eigenvalue weighted by Gasteiger charge is 2.16. The number of hydrogen-bond donors (Lipinski definition) is 1. The summed E-state index contributed by atoms with van der Waals surface area (Å²) in [4.78, 5) is 2.25. The van der Waals surface area contributed by atoms with E-state index in [1.807, 2.05) is 0 Å². The van der Waals surface area contributed by atoms with Gasteiger partial charge in [-0.2, -0.15) is 0 Å². The number of anilines is 1. The molecule has 0 bridgehead atoms. The third kappa shape index (κ3) is 2.14. The van der Waals surface area contributed by atoms with E-state index in [-0.39, 0.29) is 0 Å². The Balaban J connectivity index is 2.26. The molecular formula is C13H20N2O. The Morgan fingerprint density at radius 1 is 1.50 bits per heavy atom. The van der Waals surface area contributed by atoms with E-state index in [2.05, 4.69) is 37.1 Å². The van der Waals surface area contributed by atoms with Crippen LogP contribution in [0, 0.1) is 0 Å². The first kappa shape index (κ1) is 11.3. The van der Waals surface area contributed by atoms with Crippen LogP contribution >= 0.6 is 0 Å². The minimum Gasteiger partial charge on any atom is -0.490 e. The van der Waals surface area contributed by atoms with Crippen LogP contribution in [-0.4, -0.2) is 26.7 Å². The fraction of sp³-hybridized carbons (Fsp3) is 0.538. The maximum atomic E-state index is 5.62. The first-order valence-corrected chi connectivity index (χ1v) is 5.90. The van der Waals surface area contributed by atoms with E-state index in [4.69, 9.17) is 10.5 Å². The number of hydrogen-bond acceptors (Lipinski definition) is 3. The van der Waals surface area contributed by atoms with E-state index in [0.29, 0.717) is 5.92 Å². The molecule has 88 valence electrons. The number of rotatable bonds is 3. The third-order valence-electron chi connectivity index (χ3n) is 3.25. The normalized spacial score (nSPS) is 16.6. The van der Waals surface area contributed by atoms with Crippen molar-refractivity contribution in [1.29, 1.82) is 0 Å². The van der Waals surface area contributed by atoms with Crippen LogP contribution in [0.3, 0.4) is 0 Å². The van der Waals surface area contributed by atoms with Crippen LogP contribution in [0.2, 0.25) is 0 Å². The lowest BCUT2D eigenvalue weighted by molar-refractivity contribution is 0.311. The maximum absolute atomic E-state index is 5.62. The Morgan fingerprint density at radius 2 is 2.31 bits per heavy atom. The molecule has 0 spiro atoms. The highest BCUT2D eigenvalue weighted by atomic mass is 16.5. The predicted octanol–water partition coefficient (Wildman–Crippen LogP) is 1.97. The Hall–Kier alpha value is -1.22. The van der Waals surface area contributed by atoms with Crippen molar-refractivity contribution in [2.24, 2.45) is 5.73 Å². The number of nitrogens with two attached hydrogens (primary N) is 1. The van der Waals surface area contributed by atoms with Crippen molar-refractivity contribution in [1.82, 2.24) is 0 Å². The molecule has 0 aromatic heterocycles. The zero-order valence-electron chi connectivity index (χ0n) is 10.1. The van der Waals surface area contributed by atoms with Crippen LogP contribution in [0.4, 0.5) is 5.69 Å². The molecule has 1 atom stereocenters. The van der Waals surface area contributed by atoms with E-state index >= 15 is 0 Å². The quantitative estimate of drug-likeness (QED) is 0.846. The molecule has 1 aromatic rings. The first-order chi connectivity index (χ1) is 7.72. The SMILES string of the molecule is CC(CCN)c1ccc2c(c1)N(C)CCO2. The van der Waals surface area contributed by atoms with Crippen molar-refractivity contribution in [3.63, 3.8) is 0 Å². The Kier molecular flexibility index (Phi) is 3.34. The Labute approximate surface area is 97.2 Å². The van der Waals surface area contributed by atoms with E-state index in [1.54, 1.807) is 0 Å². The molecule has 0 saturated heterocycles. The number of ether oxygens (including phenoxy) is 1. The van der Waals surface area contributed by atoms with Crippen molar-refractivity contribution in [3.05, 3.63) is 23.8 Å². The Morgan fingerprint density at radius 3 is 3.06 bits per heavy atom. The monoisotopic (exact) mass is 220 g/mol. The standard InChI is InChI=1S/C13H20N2O/c1-10(5-6-14)11-3-4-13-12(9-11)15(2)7-8-16-13/h3-4,9-10H,5-8,14H2,1-2H3. The van der Waals surface area contributed by atoms with Gasteiger partial charge in [0.1, 0.15) is 12.4 Å². The zero-order valence-corrected chi connectivity index (χ0v) is 10.1. The van der Waals surface area contributed by atoms with Crippen LogP contribution in [0.1, 0.15) is 24.8 Å². The average molecular weight is 220 g/mol. The van der Waals surface area contributed by atoms with E-state index in [0.717, 1.165) is 31.9 Å². The number of likely N-dealkylation sites (N-methyl/N-ethyl adjacent to an activating group) is 1. The summed E-state index contributed by atoms with van der Waals surface area (Å²) in [5, 5.41) is 0. The van der Waals surface area contributed by atoms with Gasteiger partial charge < -0.3 is 15.4 Å². The minimum absolute atomic E-state index is 0.519. The predicted molar refractivity (Wildman–Crippen MR) is 67.3 cm³/mol. The summed E-state index contributed by atoms with van der Waals surface area (Å²) in [6, 6.07) is 6.46. The van der Waals surface area contributed by atoms with Crippen LogP contribution in [-0.2, 0) is 0 Å². The average Bonchev–Trinajstić information content (AvgIpc) is 2.29. The third-order valence-corrected chi connectivity index (χ3v) is 3.25. The van der Waals surface area contributed by atoms with Gasteiger partial charge >= 0.3 is 0 Å². The van der Waals surface area contributed by atoms with Crippen molar-refractivity contribution < 1.29 is 4.74 Å². The van der Waals surface area contributed by atoms with Gasteiger partial charge in [-0.05, 0) is 36.6 Å². The minimum atomic E-state index is 0.519. The van der Waals surface area contributed by atoms with Crippen molar-refractivity contribution in [2.45, 2.75) is 19.3 Å². The lowest BCUT2D eigenvalue weighted by Gasteiger charge is -2.28. The summed E-state index contributed by atoms with van der Waals surface area (Å²) in [6.07, 6.45) is 1.03. The molecule has 0 radical (unpaired) electrons. The van der Waals surface area contributed by atoms with Crippen LogP contribution in [0.15, 0.2) is 18.2 Å². The molecule has 1 aliphatic heterocycles. The molecule has 1 aliphatic rings. The van der Waals surface area contributed by atoms with Crippen LogP contribution < -0.4 is 15.4 Å². The van der Waals surface area contributed by atoms with Gasteiger partial charge in [-0.15, -0.1) is 0 Å². The second-order valence-corrected chi connectivity index (χ2v) is 4.48. The van der Waals surface area contributed by atoms with Gasteiger partial charge in [0.2, 0.25) is 0 Å². The van der Waals surface area contributed by atoms with Gasteiger partial charge in [0.25, 0.3) is 0 Å². The van der Waals surface area contributed by atoms with E-state index in [1.165, 1.54) is 11.3 Å². The molecule has 3 heteroatoms. The molecule has 0 fully saturated rings. The van der Waals surface area contributed by atoms with E-state index in [9.17, 15) is 0 Å². The molecular weight excluding hydrogens is 200 g/mol. The van der Waals surface area contributed by atoms with Crippen molar-refractivity contribution in [2.75, 3.05) is 31.6 Å². The van der Waals surface area contributed by atoms with Crippen molar-refractivity contribution >= 4 is 5.69 Å². The number of fused-ring (bicyclic) bond motifs is 1. The largest absolute Gasteiger partial charge is 0.490 e. The lowest BCUT2D eigenvalue weighted by atomic mass is 9.97. The molecule has 1 aromatic carbocycles. The molecule has 0 saturated carbocycles. The summed E-state index contributed by atoms with van der Waals surface area (Å²) in [5.41, 5.74) is 8.15. The molecule has 2 rings (SSSR count). The smallest absolute Gasteiger partial charge is 0.142 e. The highest BCUT2D eigenvalue weighted by Crippen LogP contribution is 2.34. The fourth-order valence-electron chi connectivity index (χ4n) is 2.09.